The van der Waals surface area contributed by atoms with Crippen LogP contribution in [0.3, 0.4) is 0 Å². The zero-order chi connectivity index (χ0) is 13.7. The Morgan fingerprint density at radius 1 is 1.06 bits per heavy atom. The predicted molar refractivity (Wildman–Crippen MR) is 64.7 cm³/mol. The molecule has 0 aliphatic carbocycles. The Morgan fingerprint density at radius 2 is 1.56 bits per heavy atom. The number of esters is 2. The van der Waals surface area contributed by atoms with E-state index in [-0.39, 0.29) is 0 Å². The maximum absolute atomic E-state index is 11.3. The molecule has 1 aliphatic rings. The zero-order valence-corrected chi connectivity index (χ0v) is 10.2. The first-order chi connectivity index (χ1) is 8.53. The van der Waals surface area contributed by atoms with E-state index < -0.39 is 36.4 Å². The molecule has 5 heteroatoms. The summed E-state index contributed by atoms with van der Waals surface area (Å²) in [4.78, 5) is 22.3. The summed E-state index contributed by atoms with van der Waals surface area (Å²) in [6.07, 6.45) is 1.44. The van der Waals surface area contributed by atoms with Gasteiger partial charge in [0.15, 0.2) is 12.2 Å². The van der Waals surface area contributed by atoms with Crippen LogP contribution in [0.2, 0.25) is 0 Å². The molecule has 0 unspecified atom stereocenters. The Bertz CT molecular complexity index is 374. The van der Waals surface area contributed by atoms with E-state index in [0.29, 0.717) is 0 Å². The molecule has 0 amide bonds. The Balaban J connectivity index is 2.92. The maximum atomic E-state index is 11.3. The summed E-state index contributed by atoms with van der Waals surface area (Å²) < 4.78 is 15.7. The van der Waals surface area contributed by atoms with E-state index >= 15 is 0 Å². The van der Waals surface area contributed by atoms with E-state index in [9.17, 15) is 9.59 Å². The van der Waals surface area contributed by atoms with Crippen LogP contribution in [0.4, 0.5) is 0 Å². The van der Waals surface area contributed by atoms with Crippen LogP contribution in [-0.2, 0) is 23.8 Å². The molecule has 0 N–H and O–H groups in total. The highest BCUT2D eigenvalue weighted by Crippen LogP contribution is 2.28. The third kappa shape index (κ3) is 3.07. The number of rotatable bonds is 5. The van der Waals surface area contributed by atoms with E-state index in [1.807, 2.05) is 0 Å². The fourth-order valence-corrected chi connectivity index (χ4v) is 1.73. The molecule has 4 atom stereocenters. The van der Waals surface area contributed by atoms with Crippen molar-refractivity contribution in [2.45, 2.75) is 31.3 Å². The van der Waals surface area contributed by atoms with E-state index in [1.165, 1.54) is 19.1 Å². The quantitative estimate of drug-likeness (QED) is 0.417. The van der Waals surface area contributed by atoms with Crippen molar-refractivity contribution in [3.63, 3.8) is 0 Å². The molecule has 0 saturated carbocycles. The molecule has 1 rings (SSSR count). The van der Waals surface area contributed by atoms with Gasteiger partial charge in [0.1, 0.15) is 12.2 Å². The second-order valence-electron chi connectivity index (χ2n) is 3.72. The lowest BCUT2D eigenvalue weighted by atomic mass is 10.1. The van der Waals surface area contributed by atoms with Gasteiger partial charge in [-0.25, -0.2) is 4.79 Å². The summed E-state index contributed by atoms with van der Waals surface area (Å²) in [5.74, 6) is -1.10. The van der Waals surface area contributed by atoms with Gasteiger partial charge >= 0.3 is 11.9 Å². The Labute approximate surface area is 106 Å². The average molecular weight is 252 g/mol. The monoisotopic (exact) mass is 252 g/mol. The SMILES string of the molecule is C=CC(=O)O[C@H]1[C@@H](OC(C)=O)[C@@H](C=C)O[C@H]1C=C. The van der Waals surface area contributed by atoms with Gasteiger partial charge in [0.25, 0.3) is 0 Å². The van der Waals surface area contributed by atoms with Gasteiger partial charge in [-0.2, -0.15) is 0 Å². The lowest BCUT2D eigenvalue weighted by Crippen LogP contribution is -2.38. The topological polar surface area (TPSA) is 61.8 Å². The van der Waals surface area contributed by atoms with Gasteiger partial charge in [-0.05, 0) is 0 Å². The fraction of sp³-hybridized carbons (Fsp3) is 0.385. The summed E-state index contributed by atoms with van der Waals surface area (Å²) in [6.45, 7) is 11.8. The van der Waals surface area contributed by atoms with Gasteiger partial charge in [-0.15, -0.1) is 13.2 Å². The number of carbonyl (C=O) groups excluding carboxylic acids is 2. The summed E-state index contributed by atoms with van der Waals surface area (Å²) in [6, 6.07) is 0. The van der Waals surface area contributed by atoms with Crippen LogP contribution in [-0.4, -0.2) is 36.4 Å². The van der Waals surface area contributed by atoms with E-state index in [2.05, 4.69) is 19.7 Å². The molecule has 0 radical (unpaired) electrons. The van der Waals surface area contributed by atoms with E-state index in [1.54, 1.807) is 0 Å². The van der Waals surface area contributed by atoms with Crippen molar-refractivity contribution in [1.82, 2.24) is 0 Å². The minimum absolute atomic E-state index is 0.486. The van der Waals surface area contributed by atoms with Crippen LogP contribution in [0, 0.1) is 0 Å². The van der Waals surface area contributed by atoms with Crippen molar-refractivity contribution < 1.29 is 23.8 Å². The van der Waals surface area contributed by atoms with Gasteiger partial charge in [0.05, 0.1) is 0 Å². The van der Waals surface area contributed by atoms with Crippen molar-refractivity contribution >= 4 is 11.9 Å². The minimum atomic E-state index is -0.750. The van der Waals surface area contributed by atoms with Crippen molar-refractivity contribution in [1.29, 1.82) is 0 Å². The first kappa shape index (κ1) is 14.2. The summed E-state index contributed by atoms with van der Waals surface area (Å²) in [7, 11) is 0. The molecule has 1 fully saturated rings. The lowest BCUT2D eigenvalue weighted by Gasteiger charge is -2.21. The molecule has 1 aliphatic heterocycles. The highest BCUT2D eigenvalue weighted by atomic mass is 16.6. The number of hydrogen-bond donors (Lipinski definition) is 0. The van der Waals surface area contributed by atoms with Crippen LogP contribution < -0.4 is 0 Å². The largest absolute Gasteiger partial charge is 0.455 e. The first-order valence-corrected chi connectivity index (χ1v) is 5.44. The van der Waals surface area contributed by atoms with Crippen molar-refractivity contribution in [2.75, 3.05) is 0 Å². The van der Waals surface area contributed by atoms with Crippen LogP contribution in [0.1, 0.15) is 6.92 Å². The summed E-state index contributed by atoms with van der Waals surface area (Å²) in [5.41, 5.74) is 0. The van der Waals surface area contributed by atoms with Gasteiger partial charge in [0, 0.05) is 13.0 Å². The van der Waals surface area contributed by atoms with Crippen LogP contribution >= 0.6 is 0 Å². The summed E-state index contributed by atoms with van der Waals surface area (Å²) in [5, 5.41) is 0. The molecule has 98 valence electrons. The average Bonchev–Trinajstić information content (AvgIpc) is 2.66. The van der Waals surface area contributed by atoms with Gasteiger partial charge < -0.3 is 14.2 Å². The zero-order valence-electron chi connectivity index (χ0n) is 10.2. The van der Waals surface area contributed by atoms with Gasteiger partial charge in [-0.1, -0.05) is 18.7 Å². The second-order valence-corrected chi connectivity index (χ2v) is 3.72. The normalized spacial score (nSPS) is 30.3. The molecule has 0 bridgehead atoms. The van der Waals surface area contributed by atoms with Gasteiger partial charge in [-0.3, -0.25) is 4.79 Å². The molecular formula is C13H16O5. The Kier molecular flexibility index (Phi) is 4.85. The van der Waals surface area contributed by atoms with Crippen LogP contribution in [0.5, 0.6) is 0 Å². The van der Waals surface area contributed by atoms with Crippen LogP contribution in [0.15, 0.2) is 38.0 Å². The van der Waals surface area contributed by atoms with Gasteiger partial charge in [0.2, 0.25) is 0 Å². The number of hydrogen-bond acceptors (Lipinski definition) is 5. The Morgan fingerprint density at radius 3 is 1.94 bits per heavy atom. The van der Waals surface area contributed by atoms with Crippen LogP contribution in [0.25, 0.3) is 0 Å². The fourth-order valence-electron chi connectivity index (χ4n) is 1.73. The third-order valence-electron chi connectivity index (χ3n) is 2.47. The number of carbonyl (C=O) groups is 2. The molecule has 0 aromatic carbocycles. The molecule has 1 saturated heterocycles. The predicted octanol–water partition coefficient (Wildman–Crippen LogP) is 1.16. The van der Waals surface area contributed by atoms with Crippen molar-refractivity contribution in [3.8, 4) is 0 Å². The third-order valence-corrected chi connectivity index (χ3v) is 2.47. The Hall–Kier alpha value is -1.88. The highest BCUT2D eigenvalue weighted by Gasteiger charge is 2.46. The highest BCUT2D eigenvalue weighted by molar-refractivity contribution is 5.81. The molecule has 0 spiro atoms. The molecular weight excluding hydrogens is 236 g/mol. The molecule has 0 aromatic heterocycles. The van der Waals surface area contributed by atoms with Crippen molar-refractivity contribution in [2.24, 2.45) is 0 Å². The first-order valence-electron chi connectivity index (χ1n) is 5.44. The summed E-state index contributed by atoms with van der Waals surface area (Å²) >= 11 is 0. The molecule has 18 heavy (non-hydrogen) atoms. The maximum Gasteiger partial charge on any atom is 0.330 e. The second kappa shape index (κ2) is 6.16. The molecule has 0 aromatic rings. The van der Waals surface area contributed by atoms with E-state index in [4.69, 9.17) is 14.2 Å². The number of ether oxygens (including phenoxy) is 3. The standard InChI is InChI=1S/C13H16O5/c1-5-9-12(16-8(4)14)13(10(6-2)17-9)18-11(15)7-3/h5-7,9-10,12-13H,1-3H2,4H3/t9-,10+,12+,13-/m1/s1. The van der Waals surface area contributed by atoms with Crippen molar-refractivity contribution in [3.05, 3.63) is 38.0 Å². The molecule has 5 nitrogen and oxygen atoms in total. The molecule has 1 heterocycles. The minimum Gasteiger partial charge on any atom is -0.455 e. The van der Waals surface area contributed by atoms with E-state index in [0.717, 1.165) is 6.08 Å². The lowest BCUT2D eigenvalue weighted by molar-refractivity contribution is -0.161. The smallest absolute Gasteiger partial charge is 0.330 e.